The Bertz CT molecular complexity index is 767. The van der Waals surface area contributed by atoms with Gasteiger partial charge in [-0.15, -0.1) is 0 Å². The second-order valence-corrected chi connectivity index (χ2v) is 6.18. The molecule has 136 valence electrons. The molecule has 5 nitrogen and oxygen atoms in total. The number of amidine groups is 1. The molecule has 1 aliphatic heterocycles. The largest absolute Gasteiger partial charge is 0.497 e. The molecular weight excluding hydrogens is 348 g/mol. The lowest BCUT2D eigenvalue weighted by atomic mass is 10.1. The first-order valence-electron chi connectivity index (χ1n) is 8.45. The summed E-state index contributed by atoms with van der Waals surface area (Å²) >= 11 is 5.58. The molecule has 2 aromatic rings. The van der Waals surface area contributed by atoms with E-state index in [-0.39, 0.29) is 0 Å². The van der Waals surface area contributed by atoms with Crippen molar-refractivity contribution in [3.8, 4) is 11.5 Å². The molecule has 6 heteroatoms. The van der Waals surface area contributed by atoms with Gasteiger partial charge in [0.1, 0.15) is 22.3 Å². The van der Waals surface area contributed by atoms with Crippen LogP contribution in [0.2, 0.25) is 0 Å². The molecule has 0 N–H and O–H groups in total. The molecule has 0 saturated carbocycles. The van der Waals surface area contributed by atoms with E-state index in [1.54, 1.807) is 14.2 Å². The van der Waals surface area contributed by atoms with E-state index in [9.17, 15) is 0 Å². The molecule has 1 saturated heterocycles. The molecule has 0 unspecified atom stereocenters. The molecule has 1 aliphatic rings. The van der Waals surface area contributed by atoms with E-state index in [4.69, 9.17) is 31.4 Å². The van der Waals surface area contributed by atoms with E-state index in [0.29, 0.717) is 18.2 Å². The van der Waals surface area contributed by atoms with E-state index in [0.717, 1.165) is 41.6 Å². The van der Waals surface area contributed by atoms with Crippen LogP contribution in [0.25, 0.3) is 0 Å². The predicted octanol–water partition coefficient (Wildman–Crippen LogP) is 3.16. The molecule has 2 aromatic carbocycles. The number of ether oxygens (including phenoxy) is 3. The Kier molecular flexibility index (Phi) is 6.20. The van der Waals surface area contributed by atoms with E-state index in [1.807, 2.05) is 48.5 Å². The van der Waals surface area contributed by atoms with Crippen molar-refractivity contribution in [2.45, 2.75) is 0 Å². The average molecular weight is 370 g/mol. The van der Waals surface area contributed by atoms with E-state index in [1.165, 1.54) is 0 Å². The Labute approximate surface area is 159 Å². The van der Waals surface area contributed by atoms with Crippen LogP contribution in [0.5, 0.6) is 11.5 Å². The molecular formula is C20H22N2O3S. The third-order valence-electron chi connectivity index (χ3n) is 4.20. The molecule has 0 amide bonds. The fourth-order valence-corrected chi connectivity index (χ4v) is 2.95. The summed E-state index contributed by atoms with van der Waals surface area (Å²) in [5.74, 6) is 2.47. The van der Waals surface area contributed by atoms with Gasteiger partial charge >= 0.3 is 0 Å². The maximum atomic E-state index is 5.58. The van der Waals surface area contributed by atoms with Crippen LogP contribution < -0.4 is 9.47 Å². The highest BCUT2D eigenvalue weighted by Gasteiger charge is 2.18. The first kappa shape index (κ1) is 18.4. The van der Waals surface area contributed by atoms with Gasteiger partial charge in [-0.1, -0.05) is 12.2 Å². The van der Waals surface area contributed by atoms with Crippen molar-refractivity contribution in [3.63, 3.8) is 0 Å². The number of morpholine rings is 1. The lowest BCUT2D eigenvalue weighted by Gasteiger charge is -2.30. The minimum absolute atomic E-state index is 0.546. The van der Waals surface area contributed by atoms with Gasteiger partial charge < -0.3 is 19.1 Å². The Morgan fingerprint density at radius 1 is 0.885 bits per heavy atom. The van der Waals surface area contributed by atoms with Crippen molar-refractivity contribution >= 4 is 23.0 Å². The van der Waals surface area contributed by atoms with Crippen LogP contribution in [0, 0.1) is 0 Å². The first-order valence-corrected chi connectivity index (χ1v) is 8.86. The molecule has 0 spiro atoms. The molecule has 0 aliphatic carbocycles. The van der Waals surface area contributed by atoms with Crippen LogP contribution >= 0.6 is 12.2 Å². The molecule has 3 rings (SSSR count). The summed E-state index contributed by atoms with van der Waals surface area (Å²) < 4.78 is 15.9. The van der Waals surface area contributed by atoms with Gasteiger partial charge in [-0.3, -0.25) is 0 Å². The summed E-state index contributed by atoms with van der Waals surface area (Å²) in [6, 6.07) is 15.5. The average Bonchev–Trinajstić information content (AvgIpc) is 2.72. The highest BCUT2D eigenvalue weighted by molar-refractivity contribution is 7.80. The zero-order valence-electron chi connectivity index (χ0n) is 15.0. The first-order chi connectivity index (χ1) is 12.7. The zero-order valence-corrected chi connectivity index (χ0v) is 15.8. The second-order valence-electron chi connectivity index (χ2n) is 5.80. The molecule has 0 radical (unpaired) electrons. The zero-order chi connectivity index (χ0) is 18.4. The third kappa shape index (κ3) is 4.39. The predicted molar refractivity (Wildman–Crippen MR) is 107 cm³/mol. The van der Waals surface area contributed by atoms with Crippen molar-refractivity contribution in [3.05, 3.63) is 59.7 Å². The standard InChI is InChI=1S/C20H22N2O3S/c1-23-17-7-3-15(4-8-17)19(22-11-13-25-14-12-22)21-20(26)16-5-9-18(24-2)10-6-16/h3-10H,11-14H2,1-2H3. The van der Waals surface area contributed by atoms with E-state index < -0.39 is 0 Å². The van der Waals surface area contributed by atoms with Gasteiger partial charge in [0.2, 0.25) is 0 Å². The number of rotatable bonds is 4. The van der Waals surface area contributed by atoms with Gasteiger partial charge in [0.15, 0.2) is 0 Å². The van der Waals surface area contributed by atoms with Crippen LogP contribution in [0.3, 0.4) is 0 Å². The molecule has 1 heterocycles. The fourth-order valence-electron chi connectivity index (χ4n) is 2.73. The smallest absolute Gasteiger partial charge is 0.137 e. The van der Waals surface area contributed by atoms with Crippen LogP contribution in [-0.2, 0) is 4.74 Å². The number of nitrogens with zero attached hydrogens (tertiary/aromatic N) is 2. The Morgan fingerprint density at radius 2 is 1.38 bits per heavy atom. The summed E-state index contributed by atoms with van der Waals surface area (Å²) in [4.78, 5) is 7.54. The lowest BCUT2D eigenvalue weighted by molar-refractivity contribution is 0.0683. The number of hydrogen-bond donors (Lipinski definition) is 0. The Balaban J connectivity index is 1.92. The normalized spacial score (nSPS) is 14.8. The number of aliphatic imine (C=N–C) groups is 1. The number of thiocarbonyl (C=S) groups is 1. The van der Waals surface area contributed by atoms with Gasteiger partial charge in [-0.2, -0.15) is 0 Å². The highest BCUT2D eigenvalue weighted by Crippen LogP contribution is 2.17. The van der Waals surface area contributed by atoms with Gasteiger partial charge in [0.05, 0.1) is 27.4 Å². The Morgan fingerprint density at radius 3 is 1.88 bits per heavy atom. The highest BCUT2D eigenvalue weighted by atomic mass is 32.1. The third-order valence-corrected chi connectivity index (χ3v) is 4.53. The van der Waals surface area contributed by atoms with Crippen LogP contribution in [0.4, 0.5) is 0 Å². The summed E-state index contributed by atoms with van der Waals surface area (Å²) in [6.45, 7) is 2.95. The summed E-state index contributed by atoms with van der Waals surface area (Å²) in [5, 5.41) is 0. The number of methoxy groups -OCH3 is 2. The Hall–Kier alpha value is -2.44. The molecule has 0 aromatic heterocycles. The van der Waals surface area contributed by atoms with Crippen molar-refractivity contribution in [1.29, 1.82) is 0 Å². The van der Waals surface area contributed by atoms with E-state index >= 15 is 0 Å². The topological polar surface area (TPSA) is 43.3 Å². The van der Waals surface area contributed by atoms with Gasteiger partial charge in [-0.25, -0.2) is 4.99 Å². The van der Waals surface area contributed by atoms with Gasteiger partial charge in [0.25, 0.3) is 0 Å². The van der Waals surface area contributed by atoms with Crippen molar-refractivity contribution in [2.75, 3.05) is 40.5 Å². The van der Waals surface area contributed by atoms with Crippen LogP contribution in [0.15, 0.2) is 53.5 Å². The van der Waals surface area contributed by atoms with Crippen molar-refractivity contribution < 1.29 is 14.2 Å². The maximum absolute atomic E-state index is 5.58. The number of hydrogen-bond acceptors (Lipinski definition) is 4. The quantitative estimate of drug-likeness (QED) is 0.470. The van der Waals surface area contributed by atoms with Crippen molar-refractivity contribution in [2.24, 2.45) is 4.99 Å². The summed E-state index contributed by atoms with van der Waals surface area (Å²) in [5.41, 5.74) is 1.89. The van der Waals surface area contributed by atoms with E-state index in [2.05, 4.69) is 4.90 Å². The maximum Gasteiger partial charge on any atom is 0.137 e. The lowest BCUT2D eigenvalue weighted by Crippen LogP contribution is -2.41. The second kappa shape index (κ2) is 8.78. The van der Waals surface area contributed by atoms with Crippen LogP contribution in [-0.4, -0.2) is 56.2 Å². The minimum atomic E-state index is 0.546. The van der Waals surface area contributed by atoms with Gasteiger partial charge in [-0.05, 0) is 48.5 Å². The number of benzene rings is 2. The molecule has 1 fully saturated rings. The summed E-state index contributed by atoms with van der Waals surface area (Å²) in [6.07, 6.45) is 0. The molecule has 0 bridgehead atoms. The van der Waals surface area contributed by atoms with Crippen molar-refractivity contribution in [1.82, 2.24) is 4.90 Å². The molecule has 0 atom stereocenters. The van der Waals surface area contributed by atoms with Crippen LogP contribution in [0.1, 0.15) is 11.1 Å². The fraction of sp³-hybridized carbons (Fsp3) is 0.300. The monoisotopic (exact) mass is 370 g/mol. The SMILES string of the molecule is COc1ccc(C(=S)N=C(c2ccc(OC)cc2)N2CCOCC2)cc1. The van der Waals surface area contributed by atoms with Gasteiger partial charge in [0, 0.05) is 24.2 Å². The minimum Gasteiger partial charge on any atom is -0.497 e. The molecule has 26 heavy (non-hydrogen) atoms. The summed E-state index contributed by atoms with van der Waals surface area (Å²) in [7, 11) is 3.30.